The number of nitrogens with one attached hydrogen (secondary N) is 1. The average molecular weight is 294 g/mol. The standard InChI is InChI=1S/C16H14N4O2/c1-12(21)20-11-13(14-6-2-3-7-15(14)20)5-4-10-18-19-16(22)8-9-17/h2-7,10-11H,8H2,1H3,(H,19,22)/b5-4-,18-10?. The molecular formula is C16H14N4O2. The van der Waals surface area contributed by atoms with Gasteiger partial charge in [0.1, 0.15) is 6.42 Å². The van der Waals surface area contributed by atoms with Crippen molar-refractivity contribution in [1.82, 2.24) is 9.99 Å². The highest BCUT2D eigenvalue weighted by molar-refractivity contribution is 5.98. The Morgan fingerprint density at radius 3 is 2.91 bits per heavy atom. The summed E-state index contributed by atoms with van der Waals surface area (Å²) >= 11 is 0. The minimum absolute atomic E-state index is 0.0618. The first kappa shape index (κ1) is 15.2. The Bertz CT molecular complexity index is 809. The Morgan fingerprint density at radius 1 is 1.41 bits per heavy atom. The van der Waals surface area contributed by atoms with E-state index in [1.165, 1.54) is 13.1 Å². The smallest absolute Gasteiger partial charge is 0.254 e. The molecular weight excluding hydrogens is 280 g/mol. The van der Waals surface area contributed by atoms with Gasteiger partial charge in [-0.3, -0.25) is 14.2 Å². The fourth-order valence-corrected chi connectivity index (χ4v) is 2.01. The fourth-order valence-electron chi connectivity index (χ4n) is 2.01. The number of aromatic nitrogens is 1. The number of para-hydroxylation sites is 1. The van der Waals surface area contributed by atoms with Crippen LogP contribution in [-0.4, -0.2) is 22.6 Å². The molecule has 0 spiro atoms. The van der Waals surface area contributed by atoms with E-state index in [2.05, 4.69) is 10.5 Å². The van der Waals surface area contributed by atoms with E-state index in [-0.39, 0.29) is 12.3 Å². The summed E-state index contributed by atoms with van der Waals surface area (Å²) in [5.41, 5.74) is 3.95. The lowest BCUT2D eigenvalue weighted by Gasteiger charge is -1.96. The maximum atomic E-state index is 11.6. The number of carbonyl (C=O) groups excluding carboxylic acids is 2. The molecule has 22 heavy (non-hydrogen) atoms. The van der Waals surface area contributed by atoms with E-state index >= 15 is 0 Å². The van der Waals surface area contributed by atoms with Gasteiger partial charge in [-0.05, 0) is 12.1 Å². The number of allylic oxidation sites excluding steroid dienone is 1. The number of carbonyl (C=O) groups is 2. The Morgan fingerprint density at radius 2 is 2.18 bits per heavy atom. The Hall–Kier alpha value is -3.20. The number of hydrazone groups is 1. The molecule has 1 heterocycles. The van der Waals surface area contributed by atoms with Crippen LogP contribution in [0.1, 0.15) is 23.7 Å². The summed E-state index contributed by atoms with van der Waals surface area (Å²) in [6, 6.07) is 9.32. The molecule has 0 radical (unpaired) electrons. The van der Waals surface area contributed by atoms with Gasteiger partial charge in [-0.2, -0.15) is 10.4 Å². The first-order valence-electron chi connectivity index (χ1n) is 6.60. The normalized spacial score (nSPS) is 11.1. The highest BCUT2D eigenvalue weighted by Gasteiger charge is 2.07. The third-order valence-electron chi connectivity index (χ3n) is 2.95. The van der Waals surface area contributed by atoms with Crippen LogP contribution in [0, 0.1) is 11.3 Å². The van der Waals surface area contributed by atoms with Gasteiger partial charge in [0.2, 0.25) is 5.91 Å². The van der Waals surface area contributed by atoms with Gasteiger partial charge in [-0.1, -0.05) is 24.3 Å². The second-order valence-electron chi connectivity index (χ2n) is 4.50. The third kappa shape index (κ3) is 3.46. The third-order valence-corrected chi connectivity index (χ3v) is 2.95. The van der Waals surface area contributed by atoms with Crippen molar-refractivity contribution >= 4 is 35.0 Å². The van der Waals surface area contributed by atoms with Gasteiger partial charge < -0.3 is 0 Å². The topological polar surface area (TPSA) is 87.2 Å². The van der Waals surface area contributed by atoms with Crippen molar-refractivity contribution < 1.29 is 9.59 Å². The summed E-state index contributed by atoms with van der Waals surface area (Å²) < 4.78 is 1.58. The van der Waals surface area contributed by atoms with E-state index in [1.807, 2.05) is 24.3 Å². The molecule has 110 valence electrons. The largest absolute Gasteiger partial charge is 0.287 e. The number of amides is 1. The number of hydrogen-bond donors (Lipinski definition) is 1. The van der Waals surface area contributed by atoms with Crippen molar-refractivity contribution in [3.8, 4) is 6.07 Å². The van der Waals surface area contributed by atoms with Crippen LogP contribution < -0.4 is 5.43 Å². The van der Waals surface area contributed by atoms with Gasteiger partial charge in [0.05, 0.1) is 11.6 Å². The van der Waals surface area contributed by atoms with E-state index in [0.29, 0.717) is 0 Å². The van der Waals surface area contributed by atoms with Crippen LogP contribution in [0.4, 0.5) is 0 Å². The van der Waals surface area contributed by atoms with Gasteiger partial charge in [0.15, 0.2) is 0 Å². The maximum absolute atomic E-state index is 11.6. The maximum Gasteiger partial charge on any atom is 0.254 e. The number of fused-ring (bicyclic) bond motifs is 1. The summed E-state index contributed by atoms with van der Waals surface area (Å²) in [7, 11) is 0. The van der Waals surface area contributed by atoms with Crippen molar-refractivity contribution in [3.63, 3.8) is 0 Å². The molecule has 1 aromatic carbocycles. The summed E-state index contributed by atoms with van der Waals surface area (Å²) in [5, 5.41) is 13.0. The zero-order valence-electron chi connectivity index (χ0n) is 12.0. The van der Waals surface area contributed by atoms with Crippen LogP contribution in [0.3, 0.4) is 0 Å². The van der Waals surface area contributed by atoms with Crippen molar-refractivity contribution in [1.29, 1.82) is 5.26 Å². The molecule has 1 amide bonds. The van der Waals surface area contributed by atoms with Crippen molar-refractivity contribution in [2.24, 2.45) is 5.10 Å². The number of nitriles is 1. The molecule has 0 unspecified atom stereocenters. The molecule has 2 aromatic rings. The quantitative estimate of drug-likeness (QED) is 0.693. The molecule has 0 atom stereocenters. The highest BCUT2D eigenvalue weighted by Crippen LogP contribution is 2.22. The summed E-state index contributed by atoms with van der Waals surface area (Å²) in [6.45, 7) is 1.51. The van der Waals surface area contributed by atoms with Crippen LogP contribution >= 0.6 is 0 Å². The van der Waals surface area contributed by atoms with E-state index in [9.17, 15) is 9.59 Å². The zero-order chi connectivity index (χ0) is 15.9. The summed E-state index contributed by atoms with van der Waals surface area (Å²) in [5.74, 6) is -0.520. The summed E-state index contributed by atoms with van der Waals surface area (Å²) in [6.07, 6.45) is 6.38. The molecule has 0 saturated heterocycles. The molecule has 1 aromatic heterocycles. The fraction of sp³-hybridized carbons (Fsp3) is 0.125. The van der Waals surface area contributed by atoms with E-state index < -0.39 is 5.91 Å². The number of benzene rings is 1. The lowest BCUT2D eigenvalue weighted by molar-refractivity contribution is -0.120. The SMILES string of the molecule is CC(=O)n1cc(/C=C\C=NNC(=O)CC#N)c2ccccc21. The molecule has 0 fully saturated rings. The van der Waals surface area contributed by atoms with E-state index in [1.54, 1.807) is 29.0 Å². The van der Waals surface area contributed by atoms with E-state index in [0.717, 1.165) is 16.5 Å². The van der Waals surface area contributed by atoms with Crippen LogP contribution in [-0.2, 0) is 4.79 Å². The number of rotatable bonds is 4. The molecule has 0 aliphatic rings. The predicted octanol–water partition coefficient (Wildman–Crippen LogP) is 2.33. The van der Waals surface area contributed by atoms with Gasteiger partial charge >= 0.3 is 0 Å². The van der Waals surface area contributed by atoms with Crippen molar-refractivity contribution in [3.05, 3.63) is 42.1 Å². The molecule has 0 aliphatic heterocycles. The molecule has 0 aliphatic carbocycles. The molecule has 1 N–H and O–H groups in total. The second-order valence-corrected chi connectivity index (χ2v) is 4.50. The first-order valence-corrected chi connectivity index (χ1v) is 6.60. The summed E-state index contributed by atoms with van der Waals surface area (Å²) in [4.78, 5) is 22.6. The van der Waals surface area contributed by atoms with Crippen LogP contribution in [0.25, 0.3) is 17.0 Å². The minimum atomic E-state index is -0.458. The molecule has 0 saturated carbocycles. The van der Waals surface area contributed by atoms with Gasteiger partial charge in [-0.15, -0.1) is 0 Å². The van der Waals surface area contributed by atoms with Crippen molar-refractivity contribution in [2.45, 2.75) is 13.3 Å². The number of nitrogens with zero attached hydrogens (tertiary/aromatic N) is 3. The Balaban J connectivity index is 2.17. The average Bonchev–Trinajstić information content (AvgIpc) is 2.86. The Labute approximate surface area is 127 Å². The van der Waals surface area contributed by atoms with Crippen LogP contribution in [0.5, 0.6) is 0 Å². The van der Waals surface area contributed by atoms with Crippen LogP contribution in [0.15, 0.2) is 41.6 Å². The molecule has 6 nitrogen and oxygen atoms in total. The van der Waals surface area contributed by atoms with E-state index in [4.69, 9.17) is 5.26 Å². The minimum Gasteiger partial charge on any atom is -0.287 e. The Kier molecular flexibility index (Phi) is 4.83. The van der Waals surface area contributed by atoms with Crippen molar-refractivity contribution in [2.75, 3.05) is 0 Å². The molecule has 2 rings (SSSR count). The first-order chi connectivity index (χ1) is 10.6. The monoisotopic (exact) mass is 294 g/mol. The highest BCUT2D eigenvalue weighted by atomic mass is 16.2. The van der Waals surface area contributed by atoms with Gasteiger partial charge in [-0.25, -0.2) is 5.43 Å². The van der Waals surface area contributed by atoms with Gasteiger partial charge in [0.25, 0.3) is 5.91 Å². The number of hydrogen-bond acceptors (Lipinski definition) is 4. The molecule has 6 heteroatoms. The lowest BCUT2D eigenvalue weighted by atomic mass is 10.1. The second kappa shape index (κ2) is 6.99. The van der Waals surface area contributed by atoms with Gasteiger partial charge in [0, 0.05) is 30.3 Å². The molecule has 0 bridgehead atoms. The van der Waals surface area contributed by atoms with Crippen LogP contribution in [0.2, 0.25) is 0 Å². The predicted molar refractivity (Wildman–Crippen MR) is 84.1 cm³/mol. The lowest BCUT2D eigenvalue weighted by Crippen LogP contribution is -2.15. The zero-order valence-corrected chi connectivity index (χ0v) is 12.0.